The number of benzene rings is 2. The van der Waals surface area contributed by atoms with Gasteiger partial charge in [0.25, 0.3) is 11.5 Å². The van der Waals surface area contributed by atoms with Gasteiger partial charge in [-0.2, -0.15) is 5.26 Å². The molecule has 2 aromatic rings. The van der Waals surface area contributed by atoms with Gasteiger partial charge in [0.2, 0.25) is 0 Å². The molecule has 2 aromatic carbocycles. The summed E-state index contributed by atoms with van der Waals surface area (Å²) in [6.45, 7) is 6.40. The Morgan fingerprint density at radius 1 is 1.08 bits per heavy atom. The number of nitrogens with zero attached hydrogens (tertiary/aromatic N) is 2. The van der Waals surface area contributed by atoms with Crippen LogP contribution in [0, 0.1) is 16.7 Å². The average Bonchev–Trinajstić information content (AvgIpc) is 2.61. The van der Waals surface area contributed by atoms with Crippen LogP contribution in [0.1, 0.15) is 32.4 Å². The number of rotatable bonds is 4. The van der Waals surface area contributed by atoms with Crippen LogP contribution < -0.4 is 4.90 Å². The summed E-state index contributed by atoms with van der Waals surface area (Å²) in [7, 11) is 0. The van der Waals surface area contributed by atoms with Gasteiger partial charge in [-0.1, -0.05) is 69.3 Å². The summed E-state index contributed by atoms with van der Waals surface area (Å²) in [6.07, 6.45) is 0. The van der Waals surface area contributed by atoms with Crippen molar-refractivity contribution in [1.82, 2.24) is 0 Å². The van der Waals surface area contributed by atoms with Crippen LogP contribution in [0.2, 0.25) is 0 Å². The number of amides is 1. The highest BCUT2D eigenvalue weighted by atomic mass is 16.5. The van der Waals surface area contributed by atoms with Gasteiger partial charge in [0.15, 0.2) is 0 Å². The monoisotopic (exact) mass is 334 g/mol. The summed E-state index contributed by atoms with van der Waals surface area (Å²) in [6, 6.07) is 20.7. The first kappa shape index (κ1) is 17.2. The van der Waals surface area contributed by atoms with E-state index in [9.17, 15) is 10.1 Å². The lowest BCUT2D eigenvalue weighted by atomic mass is 9.78. The third-order valence-corrected chi connectivity index (χ3v) is 4.23. The molecule has 4 heteroatoms. The molecule has 0 aromatic heterocycles. The Morgan fingerprint density at radius 3 is 2.16 bits per heavy atom. The maximum atomic E-state index is 13.0. The van der Waals surface area contributed by atoms with E-state index in [1.165, 1.54) is 0 Å². The first-order valence-corrected chi connectivity index (χ1v) is 8.38. The van der Waals surface area contributed by atoms with Gasteiger partial charge in [0.05, 0.1) is 6.61 Å². The standard InChI is InChI=1S/C21H22N2O2/c1-20(2,3)15-25-21(14-22)18(16-10-6-4-7-11-16)23(19(21)24)17-12-8-5-9-13-17/h4-13,18H,15H2,1-3H3/t18-,21+/m0/s1. The van der Waals surface area contributed by atoms with Crippen molar-refractivity contribution in [3.05, 3.63) is 66.2 Å². The van der Waals surface area contributed by atoms with E-state index < -0.39 is 11.6 Å². The largest absolute Gasteiger partial charge is 0.349 e. The molecule has 0 saturated carbocycles. The Balaban J connectivity index is 2.03. The number of anilines is 1. The molecule has 128 valence electrons. The lowest BCUT2D eigenvalue weighted by molar-refractivity contribution is -0.158. The Bertz CT molecular complexity index is 790. The molecule has 0 bridgehead atoms. The zero-order chi connectivity index (χ0) is 18.1. The van der Waals surface area contributed by atoms with Crippen molar-refractivity contribution in [2.24, 2.45) is 5.41 Å². The van der Waals surface area contributed by atoms with Crippen LogP contribution >= 0.6 is 0 Å². The molecule has 2 atom stereocenters. The van der Waals surface area contributed by atoms with Crippen LogP contribution in [0.15, 0.2) is 60.7 Å². The zero-order valence-electron chi connectivity index (χ0n) is 14.8. The molecule has 1 heterocycles. The fourth-order valence-electron chi connectivity index (χ4n) is 3.02. The van der Waals surface area contributed by atoms with Crippen molar-refractivity contribution in [2.45, 2.75) is 32.4 Å². The van der Waals surface area contributed by atoms with Crippen molar-refractivity contribution < 1.29 is 9.53 Å². The van der Waals surface area contributed by atoms with Crippen LogP contribution in [-0.2, 0) is 9.53 Å². The van der Waals surface area contributed by atoms with Crippen LogP contribution in [0.4, 0.5) is 5.69 Å². The second kappa shape index (κ2) is 6.34. The third-order valence-electron chi connectivity index (χ3n) is 4.23. The number of β-lactam (4-membered cyclic amide) rings is 1. The molecule has 3 rings (SSSR count). The van der Waals surface area contributed by atoms with E-state index in [1.807, 2.05) is 81.4 Å². The maximum Gasteiger partial charge on any atom is 0.277 e. The number of nitriles is 1. The number of hydrogen-bond acceptors (Lipinski definition) is 3. The number of ether oxygens (including phenoxy) is 1. The van der Waals surface area contributed by atoms with Crippen LogP contribution in [0.25, 0.3) is 0 Å². The molecule has 25 heavy (non-hydrogen) atoms. The van der Waals surface area contributed by atoms with Gasteiger partial charge in [-0.3, -0.25) is 9.69 Å². The van der Waals surface area contributed by atoms with E-state index in [0.29, 0.717) is 6.61 Å². The molecule has 4 nitrogen and oxygen atoms in total. The smallest absolute Gasteiger partial charge is 0.277 e. The first-order valence-electron chi connectivity index (χ1n) is 8.38. The molecule has 1 fully saturated rings. The van der Waals surface area contributed by atoms with Crippen molar-refractivity contribution >= 4 is 11.6 Å². The predicted octanol–water partition coefficient (Wildman–Crippen LogP) is 4.10. The van der Waals surface area contributed by atoms with E-state index in [0.717, 1.165) is 11.3 Å². The summed E-state index contributed by atoms with van der Waals surface area (Å²) in [5, 5.41) is 9.88. The van der Waals surface area contributed by atoms with Crippen molar-refractivity contribution in [1.29, 1.82) is 5.26 Å². The zero-order valence-corrected chi connectivity index (χ0v) is 14.8. The average molecular weight is 334 g/mol. The first-order chi connectivity index (χ1) is 11.9. The minimum absolute atomic E-state index is 0.140. The van der Waals surface area contributed by atoms with Gasteiger partial charge in [-0.25, -0.2) is 0 Å². The maximum absolute atomic E-state index is 13.0. The highest BCUT2D eigenvalue weighted by Gasteiger charge is 2.64. The lowest BCUT2D eigenvalue weighted by Crippen LogP contribution is -2.69. The molecule has 0 spiro atoms. The lowest BCUT2D eigenvalue weighted by Gasteiger charge is -2.52. The molecule has 1 aliphatic rings. The summed E-state index contributed by atoms with van der Waals surface area (Å²) < 4.78 is 5.96. The normalized spacial score (nSPS) is 23.0. The molecule has 0 N–H and O–H groups in total. The highest BCUT2D eigenvalue weighted by Crippen LogP contribution is 2.48. The quantitative estimate of drug-likeness (QED) is 0.791. The minimum Gasteiger partial charge on any atom is -0.349 e. The van der Waals surface area contributed by atoms with E-state index in [4.69, 9.17) is 4.74 Å². The Kier molecular flexibility index (Phi) is 4.36. The van der Waals surface area contributed by atoms with Crippen LogP contribution in [-0.4, -0.2) is 18.1 Å². The van der Waals surface area contributed by atoms with Crippen LogP contribution in [0.5, 0.6) is 0 Å². The van der Waals surface area contributed by atoms with Crippen molar-refractivity contribution in [3.8, 4) is 6.07 Å². The number of carbonyl (C=O) groups excluding carboxylic acids is 1. The Labute approximate surface area is 148 Å². The molecule has 1 saturated heterocycles. The van der Waals surface area contributed by atoms with Gasteiger partial charge in [-0.15, -0.1) is 0 Å². The van der Waals surface area contributed by atoms with Gasteiger partial charge < -0.3 is 4.74 Å². The minimum atomic E-state index is -1.48. The molecule has 0 aliphatic carbocycles. The second-order valence-electron chi connectivity index (χ2n) is 7.52. The fraction of sp³-hybridized carbons (Fsp3) is 0.333. The molecular formula is C21H22N2O2. The topological polar surface area (TPSA) is 53.3 Å². The van der Waals surface area contributed by atoms with Crippen molar-refractivity contribution in [3.63, 3.8) is 0 Å². The van der Waals surface area contributed by atoms with Gasteiger partial charge in [0, 0.05) is 5.69 Å². The molecule has 0 unspecified atom stereocenters. The number of para-hydroxylation sites is 1. The summed E-state index contributed by atoms with van der Waals surface area (Å²) in [5.41, 5.74) is 0.0382. The van der Waals surface area contributed by atoms with E-state index in [1.54, 1.807) is 4.90 Å². The molecule has 0 radical (unpaired) electrons. The Morgan fingerprint density at radius 2 is 1.64 bits per heavy atom. The molecule has 1 aliphatic heterocycles. The van der Waals surface area contributed by atoms with E-state index in [-0.39, 0.29) is 11.3 Å². The molecular weight excluding hydrogens is 312 g/mol. The van der Waals surface area contributed by atoms with E-state index in [2.05, 4.69) is 6.07 Å². The van der Waals surface area contributed by atoms with Crippen LogP contribution in [0.3, 0.4) is 0 Å². The number of carbonyl (C=O) groups is 1. The fourth-order valence-corrected chi connectivity index (χ4v) is 3.02. The molecule has 1 amide bonds. The highest BCUT2D eigenvalue weighted by molar-refractivity contribution is 6.10. The SMILES string of the molecule is CC(C)(C)CO[C@@]1(C#N)C(=O)N(c2ccccc2)[C@H]1c1ccccc1. The van der Waals surface area contributed by atoms with Gasteiger partial charge >= 0.3 is 0 Å². The predicted molar refractivity (Wildman–Crippen MR) is 96.9 cm³/mol. The van der Waals surface area contributed by atoms with E-state index >= 15 is 0 Å². The summed E-state index contributed by atoms with van der Waals surface area (Å²) >= 11 is 0. The van der Waals surface area contributed by atoms with Crippen molar-refractivity contribution in [2.75, 3.05) is 11.5 Å². The van der Waals surface area contributed by atoms with Gasteiger partial charge in [-0.05, 0) is 23.1 Å². The summed E-state index contributed by atoms with van der Waals surface area (Å²) in [5.74, 6) is -0.306. The Hall–Kier alpha value is -2.64. The number of hydrogen-bond donors (Lipinski definition) is 0. The summed E-state index contributed by atoms with van der Waals surface area (Å²) in [4.78, 5) is 14.6. The third kappa shape index (κ3) is 3.04. The second-order valence-corrected chi connectivity index (χ2v) is 7.52. The van der Waals surface area contributed by atoms with Gasteiger partial charge in [0.1, 0.15) is 12.1 Å².